The Morgan fingerprint density at radius 1 is 1.11 bits per heavy atom. The van der Waals surface area contributed by atoms with Gasteiger partial charge in [-0.25, -0.2) is 0 Å². The summed E-state index contributed by atoms with van der Waals surface area (Å²) in [5, 5.41) is 4.11. The Morgan fingerprint density at radius 3 is 2.59 bits per heavy atom. The standard InChI is InChI=1S/C20H28N6O/c1-15-10-18(25-8-6-23(2)7-9-25)11-19(22-15)16-4-5-26(14-16)20(27)17-12-21-24(3)13-17/h10-13,16H,4-9,14H2,1-3H3/t16-/m0/s1. The number of carbonyl (C=O) groups is 1. The minimum atomic E-state index is 0.0672. The quantitative estimate of drug-likeness (QED) is 0.822. The lowest BCUT2D eigenvalue weighted by molar-refractivity contribution is 0.0790. The lowest BCUT2D eigenvalue weighted by Crippen LogP contribution is -2.44. The van der Waals surface area contributed by atoms with Crippen LogP contribution in [-0.4, -0.2) is 76.8 Å². The second-order valence-corrected chi connectivity index (χ2v) is 7.82. The highest BCUT2D eigenvalue weighted by Gasteiger charge is 2.30. The molecule has 0 unspecified atom stereocenters. The highest BCUT2D eigenvalue weighted by Crippen LogP contribution is 2.30. The van der Waals surface area contributed by atoms with Gasteiger partial charge in [-0.05, 0) is 32.5 Å². The van der Waals surface area contributed by atoms with E-state index >= 15 is 0 Å². The molecule has 2 aliphatic heterocycles. The number of likely N-dealkylation sites (tertiary alicyclic amines) is 1. The number of piperazine rings is 1. The molecule has 0 aromatic carbocycles. The second kappa shape index (κ2) is 7.31. The molecule has 144 valence electrons. The molecule has 2 aromatic rings. The fourth-order valence-electron chi connectivity index (χ4n) is 4.03. The average Bonchev–Trinajstić information content (AvgIpc) is 3.30. The SMILES string of the molecule is Cc1cc(N2CCN(C)CC2)cc([C@H]2CCN(C(=O)c3cnn(C)c3)C2)n1. The molecule has 0 bridgehead atoms. The number of likely N-dealkylation sites (N-methyl/N-ethyl adjacent to an activating group) is 1. The number of rotatable bonds is 3. The topological polar surface area (TPSA) is 57.5 Å². The summed E-state index contributed by atoms with van der Waals surface area (Å²) >= 11 is 0. The van der Waals surface area contributed by atoms with Crippen molar-refractivity contribution in [2.75, 3.05) is 51.2 Å². The van der Waals surface area contributed by atoms with Crippen molar-refractivity contribution in [1.82, 2.24) is 24.6 Å². The van der Waals surface area contributed by atoms with Crippen molar-refractivity contribution in [3.63, 3.8) is 0 Å². The smallest absolute Gasteiger partial charge is 0.257 e. The second-order valence-electron chi connectivity index (χ2n) is 7.82. The number of aromatic nitrogens is 3. The summed E-state index contributed by atoms with van der Waals surface area (Å²) in [7, 11) is 4.01. The van der Waals surface area contributed by atoms with Crippen LogP contribution in [0.5, 0.6) is 0 Å². The van der Waals surface area contributed by atoms with Gasteiger partial charge in [0, 0.05) is 75.5 Å². The van der Waals surface area contributed by atoms with Crippen LogP contribution >= 0.6 is 0 Å². The summed E-state index contributed by atoms with van der Waals surface area (Å²) < 4.78 is 1.67. The predicted octanol–water partition coefficient (Wildman–Crippen LogP) is 1.51. The van der Waals surface area contributed by atoms with E-state index in [-0.39, 0.29) is 5.91 Å². The highest BCUT2D eigenvalue weighted by atomic mass is 16.2. The third-order valence-corrected chi connectivity index (χ3v) is 5.67. The van der Waals surface area contributed by atoms with Gasteiger partial charge in [0.2, 0.25) is 0 Å². The lowest BCUT2D eigenvalue weighted by Gasteiger charge is -2.34. The first-order valence-electron chi connectivity index (χ1n) is 9.69. The fourth-order valence-corrected chi connectivity index (χ4v) is 4.03. The van der Waals surface area contributed by atoms with Crippen LogP contribution in [0.15, 0.2) is 24.5 Å². The van der Waals surface area contributed by atoms with Crippen molar-refractivity contribution in [1.29, 1.82) is 0 Å². The number of hydrogen-bond donors (Lipinski definition) is 0. The molecule has 0 N–H and O–H groups in total. The van der Waals surface area contributed by atoms with E-state index in [0.29, 0.717) is 11.5 Å². The molecule has 0 radical (unpaired) electrons. The van der Waals surface area contributed by atoms with Gasteiger partial charge in [0.1, 0.15) is 0 Å². The van der Waals surface area contributed by atoms with E-state index in [2.05, 4.69) is 41.0 Å². The highest BCUT2D eigenvalue weighted by molar-refractivity contribution is 5.94. The first kappa shape index (κ1) is 18.0. The summed E-state index contributed by atoms with van der Waals surface area (Å²) in [6.45, 7) is 7.85. The van der Waals surface area contributed by atoms with Gasteiger partial charge in [-0.1, -0.05) is 0 Å². The molecule has 4 rings (SSSR count). The third kappa shape index (κ3) is 3.83. The third-order valence-electron chi connectivity index (χ3n) is 5.67. The minimum Gasteiger partial charge on any atom is -0.369 e. The Labute approximate surface area is 160 Å². The van der Waals surface area contributed by atoms with E-state index in [1.54, 1.807) is 17.1 Å². The number of pyridine rings is 1. The predicted molar refractivity (Wildman–Crippen MR) is 105 cm³/mol. The molecule has 1 atom stereocenters. The zero-order valence-electron chi connectivity index (χ0n) is 16.4. The van der Waals surface area contributed by atoms with E-state index in [1.807, 2.05) is 11.9 Å². The van der Waals surface area contributed by atoms with Gasteiger partial charge >= 0.3 is 0 Å². The summed E-state index contributed by atoms with van der Waals surface area (Å²) in [6, 6.07) is 4.42. The summed E-state index contributed by atoms with van der Waals surface area (Å²) in [5.74, 6) is 0.370. The number of amides is 1. The average molecular weight is 368 g/mol. The maximum absolute atomic E-state index is 12.7. The zero-order chi connectivity index (χ0) is 19.0. The van der Waals surface area contributed by atoms with Crippen LogP contribution in [0.4, 0.5) is 5.69 Å². The van der Waals surface area contributed by atoms with Crippen molar-refractivity contribution >= 4 is 11.6 Å². The van der Waals surface area contributed by atoms with E-state index < -0.39 is 0 Å². The Hall–Kier alpha value is -2.41. The Morgan fingerprint density at radius 2 is 1.89 bits per heavy atom. The minimum absolute atomic E-state index is 0.0672. The van der Waals surface area contributed by atoms with E-state index in [4.69, 9.17) is 4.98 Å². The van der Waals surface area contributed by atoms with Crippen molar-refractivity contribution in [3.05, 3.63) is 41.5 Å². The first-order chi connectivity index (χ1) is 13.0. The number of hydrogen-bond acceptors (Lipinski definition) is 5. The number of aryl methyl sites for hydroxylation is 2. The molecular weight excluding hydrogens is 340 g/mol. The van der Waals surface area contributed by atoms with Gasteiger partial charge in [-0.15, -0.1) is 0 Å². The molecule has 2 fully saturated rings. The van der Waals surface area contributed by atoms with Crippen LogP contribution in [0.25, 0.3) is 0 Å². The van der Waals surface area contributed by atoms with Crippen molar-refractivity contribution in [2.45, 2.75) is 19.3 Å². The molecule has 4 heterocycles. The summed E-state index contributed by atoms with van der Waals surface area (Å²) in [6.07, 6.45) is 4.39. The van der Waals surface area contributed by atoms with Crippen LogP contribution in [0, 0.1) is 6.92 Å². The Bertz CT molecular complexity index is 824. The van der Waals surface area contributed by atoms with Crippen LogP contribution in [0.2, 0.25) is 0 Å². The van der Waals surface area contributed by atoms with Crippen molar-refractivity contribution in [2.24, 2.45) is 7.05 Å². The van der Waals surface area contributed by atoms with Crippen LogP contribution in [-0.2, 0) is 7.05 Å². The number of carbonyl (C=O) groups excluding carboxylic acids is 1. The molecule has 0 aliphatic carbocycles. The Balaban J connectivity index is 1.48. The van der Waals surface area contributed by atoms with E-state index in [9.17, 15) is 4.79 Å². The van der Waals surface area contributed by atoms with Gasteiger partial charge in [-0.2, -0.15) is 5.10 Å². The molecule has 27 heavy (non-hydrogen) atoms. The van der Waals surface area contributed by atoms with Gasteiger partial charge in [-0.3, -0.25) is 14.5 Å². The summed E-state index contributed by atoms with van der Waals surface area (Å²) in [5.41, 5.74) is 4.10. The van der Waals surface area contributed by atoms with E-state index in [1.165, 1.54) is 5.69 Å². The molecule has 2 saturated heterocycles. The number of nitrogens with zero attached hydrogens (tertiary/aromatic N) is 6. The normalized spacial score (nSPS) is 21.1. The van der Waals surface area contributed by atoms with Gasteiger partial charge in [0.25, 0.3) is 5.91 Å². The molecular formula is C20H28N6O. The lowest BCUT2D eigenvalue weighted by atomic mass is 10.0. The maximum atomic E-state index is 12.7. The molecule has 0 saturated carbocycles. The van der Waals surface area contributed by atoms with Crippen molar-refractivity contribution < 1.29 is 4.79 Å². The monoisotopic (exact) mass is 368 g/mol. The molecule has 7 nitrogen and oxygen atoms in total. The zero-order valence-corrected chi connectivity index (χ0v) is 16.4. The largest absolute Gasteiger partial charge is 0.369 e. The molecule has 2 aliphatic rings. The molecule has 1 amide bonds. The Kier molecular flexibility index (Phi) is 4.86. The van der Waals surface area contributed by atoms with Crippen LogP contribution in [0.1, 0.15) is 34.1 Å². The van der Waals surface area contributed by atoms with Crippen molar-refractivity contribution in [3.8, 4) is 0 Å². The maximum Gasteiger partial charge on any atom is 0.257 e. The number of anilines is 1. The first-order valence-corrected chi connectivity index (χ1v) is 9.69. The van der Waals surface area contributed by atoms with E-state index in [0.717, 1.165) is 57.1 Å². The molecule has 7 heteroatoms. The van der Waals surface area contributed by atoms with Gasteiger partial charge in [0.15, 0.2) is 0 Å². The van der Waals surface area contributed by atoms with Gasteiger partial charge in [0.05, 0.1) is 11.8 Å². The fraction of sp³-hybridized carbons (Fsp3) is 0.550. The molecule has 2 aromatic heterocycles. The summed E-state index contributed by atoms with van der Waals surface area (Å²) in [4.78, 5) is 24.2. The van der Waals surface area contributed by atoms with Crippen LogP contribution < -0.4 is 4.90 Å². The van der Waals surface area contributed by atoms with Crippen LogP contribution in [0.3, 0.4) is 0 Å². The molecule has 0 spiro atoms. The van der Waals surface area contributed by atoms with Gasteiger partial charge < -0.3 is 14.7 Å².